The quantitative estimate of drug-likeness (QED) is 0.419. The van der Waals surface area contributed by atoms with E-state index in [1.807, 2.05) is 0 Å². The lowest BCUT2D eigenvalue weighted by atomic mass is 10.1. The van der Waals surface area contributed by atoms with E-state index in [1.165, 1.54) is 44.6 Å². The van der Waals surface area contributed by atoms with E-state index >= 15 is 0 Å². The molecule has 1 fully saturated rings. The van der Waals surface area contributed by atoms with Crippen LogP contribution in [0.1, 0.15) is 22.3 Å². The van der Waals surface area contributed by atoms with Crippen molar-refractivity contribution >= 4 is 27.5 Å². The van der Waals surface area contributed by atoms with Crippen LogP contribution in [0.25, 0.3) is 0 Å². The van der Waals surface area contributed by atoms with Gasteiger partial charge in [-0.2, -0.15) is 0 Å². The smallest absolute Gasteiger partial charge is 0.429 e. The highest BCUT2D eigenvalue weighted by Crippen LogP contribution is 2.35. The number of hydrogen-bond acceptors (Lipinski definition) is 9. The molecule has 34 heavy (non-hydrogen) atoms. The van der Waals surface area contributed by atoms with Gasteiger partial charge in [0.25, 0.3) is 11.6 Å². The van der Waals surface area contributed by atoms with Crippen LogP contribution in [0.3, 0.4) is 0 Å². The van der Waals surface area contributed by atoms with E-state index in [0.29, 0.717) is 6.42 Å². The number of sulfone groups is 1. The summed E-state index contributed by atoms with van der Waals surface area (Å²) in [7, 11) is -0.987. The summed E-state index contributed by atoms with van der Waals surface area (Å²) in [6.07, 6.45) is 0.524. The number of ether oxygens (including phenoxy) is 3. The van der Waals surface area contributed by atoms with E-state index in [2.05, 4.69) is 0 Å². The number of nitro benzene ring substituents is 1. The molecule has 3 rings (SSSR count). The number of hydrazine groups is 1. The van der Waals surface area contributed by atoms with Crippen molar-refractivity contribution in [1.29, 1.82) is 0 Å². The van der Waals surface area contributed by atoms with Gasteiger partial charge in [0.2, 0.25) is 0 Å². The number of nitro groups is 1. The van der Waals surface area contributed by atoms with Crippen molar-refractivity contribution in [2.45, 2.75) is 17.9 Å². The van der Waals surface area contributed by atoms with Gasteiger partial charge in [0.1, 0.15) is 6.61 Å². The zero-order valence-corrected chi connectivity index (χ0v) is 19.5. The minimum atomic E-state index is -3.69. The lowest BCUT2D eigenvalue weighted by Gasteiger charge is -2.27. The maximum absolute atomic E-state index is 13.1. The molecule has 182 valence electrons. The SMILES string of the molecule is COc1cc(COC(=O)N2CCCN2C(=O)c2ccccc2S(C)(=O)=O)c([N+](=O)[O-])cc1OC. The topological polar surface area (TPSA) is 146 Å². The number of benzene rings is 2. The normalized spacial score (nSPS) is 13.5. The van der Waals surface area contributed by atoms with Crippen molar-refractivity contribution < 1.29 is 37.1 Å². The molecule has 1 heterocycles. The maximum Gasteiger partial charge on any atom is 0.429 e. The van der Waals surface area contributed by atoms with Crippen molar-refractivity contribution in [2.24, 2.45) is 0 Å². The third-order valence-electron chi connectivity index (χ3n) is 5.13. The lowest BCUT2D eigenvalue weighted by molar-refractivity contribution is -0.385. The molecule has 2 aromatic rings. The van der Waals surface area contributed by atoms with Gasteiger partial charge < -0.3 is 14.2 Å². The summed E-state index contributed by atoms with van der Waals surface area (Å²) in [5, 5.41) is 13.6. The Morgan fingerprint density at radius 3 is 2.29 bits per heavy atom. The fourth-order valence-corrected chi connectivity index (χ4v) is 4.41. The molecule has 0 aliphatic carbocycles. The number of carbonyl (C=O) groups excluding carboxylic acids is 2. The molecule has 0 bridgehead atoms. The molecule has 0 aromatic heterocycles. The summed E-state index contributed by atoms with van der Waals surface area (Å²) in [5.41, 5.74) is -0.336. The molecule has 2 amide bonds. The van der Waals surface area contributed by atoms with Crippen molar-refractivity contribution in [1.82, 2.24) is 10.0 Å². The summed E-state index contributed by atoms with van der Waals surface area (Å²) < 4.78 is 39.7. The molecule has 0 atom stereocenters. The average Bonchev–Trinajstić information content (AvgIpc) is 3.30. The van der Waals surface area contributed by atoms with Crippen LogP contribution in [0.5, 0.6) is 11.5 Å². The average molecular weight is 493 g/mol. The van der Waals surface area contributed by atoms with Gasteiger partial charge in [0, 0.05) is 19.3 Å². The summed E-state index contributed by atoms with van der Waals surface area (Å²) >= 11 is 0. The van der Waals surface area contributed by atoms with Crippen LogP contribution in [0.4, 0.5) is 10.5 Å². The molecule has 1 saturated heterocycles. The minimum Gasteiger partial charge on any atom is -0.493 e. The van der Waals surface area contributed by atoms with Gasteiger partial charge >= 0.3 is 6.09 Å². The first-order valence-corrected chi connectivity index (χ1v) is 11.9. The molecule has 12 nitrogen and oxygen atoms in total. The molecule has 0 spiro atoms. The molecule has 0 unspecified atom stereocenters. The Morgan fingerprint density at radius 2 is 1.68 bits per heavy atom. The van der Waals surface area contributed by atoms with E-state index in [9.17, 15) is 28.1 Å². The number of amides is 2. The first kappa shape index (κ1) is 24.8. The largest absolute Gasteiger partial charge is 0.493 e. The summed E-state index contributed by atoms with van der Waals surface area (Å²) in [4.78, 5) is 36.5. The molecular weight excluding hydrogens is 470 g/mol. The summed E-state index contributed by atoms with van der Waals surface area (Å²) in [6.45, 7) is -0.143. The van der Waals surface area contributed by atoms with Crippen molar-refractivity contribution in [3.63, 3.8) is 0 Å². The van der Waals surface area contributed by atoms with Crippen LogP contribution in [0.2, 0.25) is 0 Å². The molecule has 0 saturated carbocycles. The Labute approximate surface area is 195 Å². The zero-order valence-electron chi connectivity index (χ0n) is 18.7. The maximum atomic E-state index is 13.1. The van der Waals surface area contributed by atoms with Gasteiger partial charge in [0.05, 0.1) is 41.2 Å². The predicted octanol–water partition coefficient (Wildman–Crippen LogP) is 2.42. The van der Waals surface area contributed by atoms with E-state index in [1.54, 1.807) is 0 Å². The Kier molecular flexibility index (Phi) is 7.25. The van der Waals surface area contributed by atoms with E-state index in [-0.39, 0.29) is 46.3 Å². The molecule has 13 heteroatoms. The number of methoxy groups -OCH3 is 2. The number of nitrogens with zero attached hydrogens (tertiary/aromatic N) is 3. The molecule has 0 radical (unpaired) electrons. The highest BCUT2D eigenvalue weighted by Gasteiger charge is 2.34. The lowest BCUT2D eigenvalue weighted by Crippen LogP contribution is -2.45. The van der Waals surface area contributed by atoms with Crippen LogP contribution in [0, 0.1) is 10.1 Å². The summed E-state index contributed by atoms with van der Waals surface area (Å²) in [6, 6.07) is 8.20. The number of carbonyl (C=O) groups is 2. The second-order valence-corrected chi connectivity index (χ2v) is 9.31. The van der Waals surface area contributed by atoms with Gasteiger partial charge in [-0.25, -0.2) is 23.2 Å². The van der Waals surface area contributed by atoms with Crippen LogP contribution >= 0.6 is 0 Å². The molecule has 1 aliphatic heterocycles. The predicted molar refractivity (Wildman–Crippen MR) is 118 cm³/mol. The number of rotatable bonds is 7. The third kappa shape index (κ3) is 5.03. The van der Waals surface area contributed by atoms with Crippen LogP contribution < -0.4 is 9.47 Å². The minimum absolute atomic E-state index is 0.0653. The molecule has 2 aromatic carbocycles. The Balaban J connectivity index is 1.81. The van der Waals surface area contributed by atoms with Crippen molar-refractivity contribution in [3.8, 4) is 11.5 Å². The highest BCUT2D eigenvalue weighted by atomic mass is 32.2. The van der Waals surface area contributed by atoms with Gasteiger partial charge in [-0.1, -0.05) is 12.1 Å². The van der Waals surface area contributed by atoms with Crippen LogP contribution in [-0.4, -0.2) is 68.9 Å². The van der Waals surface area contributed by atoms with Gasteiger partial charge in [-0.3, -0.25) is 14.9 Å². The van der Waals surface area contributed by atoms with Gasteiger partial charge in [0.15, 0.2) is 21.3 Å². The van der Waals surface area contributed by atoms with Crippen LogP contribution in [0.15, 0.2) is 41.3 Å². The first-order chi connectivity index (χ1) is 16.1. The van der Waals surface area contributed by atoms with E-state index in [4.69, 9.17) is 14.2 Å². The van der Waals surface area contributed by atoms with E-state index in [0.717, 1.165) is 22.3 Å². The Bertz CT molecular complexity index is 1230. The third-order valence-corrected chi connectivity index (χ3v) is 6.28. The fourth-order valence-electron chi connectivity index (χ4n) is 3.53. The Hall–Kier alpha value is -3.87. The van der Waals surface area contributed by atoms with Crippen molar-refractivity contribution in [2.75, 3.05) is 33.6 Å². The zero-order chi connectivity index (χ0) is 25.0. The molecule has 1 aliphatic rings. The van der Waals surface area contributed by atoms with E-state index < -0.39 is 33.4 Å². The fraction of sp³-hybridized carbons (Fsp3) is 0.333. The Morgan fingerprint density at radius 1 is 1.06 bits per heavy atom. The van der Waals surface area contributed by atoms with Crippen LogP contribution in [-0.2, 0) is 21.2 Å². The van der Waals surface area contributed by atoms with Gasteiger partial charge in [-0.15, -0.1) is 0 Å². The number of hydrogen-bond donors (Lipinski definition) is 0. The van der Waals surface area contributed by atoms with Crippen molar-refractivity contribution in [3.05, 3.63) is 57.6 Å². The van der Waals surface area contributed by atoms with Gasteiger partial charge in [-0.05, 0) is 24.6 Å². The summed E-state index contributed by atoms with van der Waals surface area (Å²) in [5.74, 6) is -0.313. The standard InChI is InChI=1S/C21H23N3O9S/c1-31-17-11-14(16(24(27)28)12-18(17)32-2)13-33-21(26)23-10-6-9-22(23)20(25)15-7-4-5-8-19(15)34(3,29)30/h4-5,7-8,11-12H,6,9-10,13H2,1-3H3. The highest BCUT2D eigenvalue weighted by molar-refractivity contribution is 7.90. The first-order valence-electron chi connectivity index (χ1n) is 10.0. The second kappa shape index (κ2) is 9.95. The molecule has 0 N–H and O–H groups in total. The monoisotopic (exact) mass is 493 g/mol. The second-order valence-electron chi connectivity index (χ2n) is 7.32. The molecular formula is C21H23N3O9S.